The number of anilines is 1. The molecule has 7 nitrogen and oxygen atoms in total. The highest BCUT2D eigenvalue weighted by Gasteiger charge is 2.36. The maximum atomic E-state index is 12.5. The Kier molecular flexibility index (Phi) is 3.70. The van der Waals surface area contributed by atoms with Crippen LogP contribution in [0.2, 0.25) is 0 Å². The van der Waals surface area contributed by atoms with E-state index in [0.717, 1.165) is 39.5 Å². The molecule has 142 valence electrons. The van der Waals surface area contributed by atoms with Crippen molar-refractivity contribution in [3.8, 4) is 0 Å². The monoisotopic (exact) mass is 366 g/mol. The van der Waals surface area contributed by atoms with Gasteiger partial charge in [0.05, 0.1) is 11.2 Å². The first-order chi connectivity index (χ1) is 12.6. The van der Waals surface area contributed by atoms with E-state index >= 15 is 0 Å². The number of aryl methyl sites for hydroxylation is 3. The van der Waals surface area contributed by atoms with Crippen molar-refractivity contribution in [2.24, 2.45) is 0 Å². The van der Waals surface area contributed by atoms with Crippen LogP contribution in [0.4, 0.5) is 5.82 Å². The molecule has 3 aromatic heterocycles. The summed E-state index contributed by atoms with van der Waals surface area (Å²) in [6.45, 7) is 14.5. The number of rotatable bonds is 1. The van der Waals surface area contributed by atoms with Crippen LogP contribution in [-0.4, -0.2) is 30.3 Å². The molecule has 27 heavy (non-hydrogen) atoms. The number of carbonyl (C=O) groups is 1. The maximum absolute atomic E-state index is 12.5. The minimum Gasteiger partial charge on any atom is -0.309 e. The Hall–Kier alpha value is -2.70. The van der Waals surface area contributed by atoms with E-state index in [-0.39, 0.29) is 17.4 Å². The summed E-state index contributed by atoms with van der Waals surface area (Å²) in [5.41, 5.74) is 6.77. The van der Waals surface area contributed by atoms with Crippen LogP contribution >= 0.6 is 0 Å². The summed E-state index contributed by atoms with van der Waals surface area (Å²) in [4.78, 5) is 17.2. The fourth-order valence-corrected chi connectivity index (χ4v) is 4.28. The summed E-state index contributed by atoms with van der Waals surface area (Å²) in [7, 11) is 0. The molecule has 1 amide bonds. The van der Waals surface area contributed by atoms with Gasteiger partial charge in [-0.3, -0.25) is 9.48 Å². The number of hydrogen-bond donors (Lipinski definition) is 1. The largest absolute Gasteiger partial charge is 0.309 e. The minimum atomic E-state index is -0.126. The van der Waals surface area contributed by atoms with Gasteiger partial charge in [0.2, 0.25) is 5.91 Å². The highest BCUT2D eigenvalue weighted by atomic mass is 16.1. The Morgan fingerprint density at radius 3 is 2.44 bits per heavy atom. The van der Waals surface area contributed by atoms with E-state index in [1.54, 1.807) is 0 Å². The molecule has 7 heteroatoms. The lowest BCUT2D eigenvalue weighted by Gasteiger charge is -2.24. The average molecular weight is 366 g/mol. The van der Waals surface area contributed by atoms with Crippen molar-refractivity contribution >= 4 is 17.4 Å². The maximum Gasteiger partial charge on any atom is 0.226 e. The molecular formula is C20H26N6O. The van der Waals surface area contributed by atoms with Crippen molar-refractivity contribution in [1.29, 1.82) is 0 Å². The predicted octanol–water partition coefficient (Wildman–Crippen LogP) is 3.39. The van der Waals surface area contributed by atoms with Crippen molar-refractivity contribution in [2.45, 2.75) is 66.3 Å². The van der Waals surface area contributed by atoms with Crippen LogP contribution in [0.1, 0.15) is 67.0 Å². The third-order valence-corrected chi connectivity index (χ3v) is 5.26. The molecule has 0 aromatic carbocycles. The van der Waals surface area contributed by atoms with Gasteiger partial charge in [0, 0.05) is 40.5 Å². The first-order valence-electron chi connectivity index (χ1n) is 9.31. The van der Waals surface area contributed by atoms with E-state index < -0.39 is 0 Å². The zero-order valence-electron chi connectivity index (χ0n) is 17.0. The molecule has 0 bridgehead atoms. The van der Waals surface area contributed by atoms with Gasteiger partial charge in [0.1, 0.15) is 0 Å². The number of fused-ring (bicyclic) bond motifs is 3. The van der Waals surface area contributed by atoms with E-state index in [2.05, 4.69) is 42.8 Å². The van der Waals surface area contributed by atoms with Crippen LogP contribution in [-0.2, 0) is 10.3 Å². The smallest absolute Gasteiger partial charge is 0.226 e. The summed E-state index contributed by atoms with van der Waals surface area (Å²) in [5.74, 6) is 0.489. The molecule has 0 radical (unpaired) electrons. The van der Waals surface area contributed by atoms with Crippen molar-refractivity contribution in [3.05, 3.63) is 40.0 Å². The van der Waals surface area contributed by atoms with E-state index in [1.165, 1.54) is 0 Å². The lowest BCUT2D eigenvalue weighted by Crippen LogP contribution is -2.26. The standard InChI is InChI=1S/C20H26N6O/c1-10-8-11(2)25-19(21-10)17-14(9-15(27)22-18(17)24-25)16-12(3)23-26(13(16)4)20(5,6)7/h8,14H,9H2,1-7H3,(H,22,24,27). The van der Waals surface area contributed by atoms with Crippen molar-refractivity contribution in [3.63, 3.8) is 0 Å². The van der Waals surface area contributed by atoms with Crippen LogP contribution in [0.3, 0.4) is 0 Å². The lowest BCUT2D eigenvalue weighted by atomic mass is 9.85. The Bertz CT molecular complexity index is 1080. The summed E-state index contributed by atoms with van der Waals surface area (Å²) in [6, 6.07) is 2.00. The third kappa shape index (κ3) is 2.64. The van der Waals surface area contributed by atoms with Crippen molar-refractivity contribution in [1.82, 2.24) is 24.4 Å². The second-order valence-corrected chi connectivity index (χ2v) is 8.51. The fraction of sp³-hybridized carbons (Fsp3) is 0.500. The Labute approximate surface area is 158 Å². The molecule has 4 heterocycles. The van der Waals surface area contributed by atoms with Crippen LogP contribution in [0.25, 0.3) is 5.65 Å². The number of amides is 1. The van der Waals surface area contributed by atoms with Crippen molar-refractivity contribution in [2.75, 3.05) is 5.32 Å². The molecule has 3 aromatic rings. The van der Waals surface area contributed by atoms with Gasteiger partial charge in [-0.25, -0.2) is 9.50 Å². The topological polar surface area (TPSA) is 77.1 Å². The van der Waals surface area contributed by atoms with Gasteiger partial charge < -0.3 is 5.32 Å². The SMILES string of the molecule is Cc1cc(C)n2nc3c(c2n1)C(c1c(C)nn(C(C)(C)C)c1C)CC(=O)N3. The number of carbonyl (C=O) groups excluding carboxylic acids is 1. The Morgan fingerprint density at radius 2 is 1.81 bits per heavy atom. The molecule has 0 saturated heterocycles. The van der Waals surface area contributed by atoms with Gasteiger partial charge in [0.15, 0.2) is 11.5 Å². The zero-order valence-corrected chi connectivity index (χ0v) is 17.0. The normalized spacial score (nSPS) is 17.3. The Morgan fingerprint density at radius 1 is 1.11 bits per heavy atom. The van der Waals surface area contributed by atoms with Gasteiger partial charge in [-0.2, -0.15) is 5.10 Å². The van der Waals surface area contributed by atoms with E-state index in [1.807, 2.05) is 31.4 Å². The molecular weight excluding hydrogens is 340 g/mol. The highest BCUT2D eigenvalue weighted by Crippen LogP contribution is 2.42. The van der Waals surface area contributed by atoms with Crippen LogP contribution in [0.15, 0.2) is 6.07 Å². The summed E-state index contributed by atoms with van der Waals surface area (Å²) in [6.07, 6.45) is 0.376. The molecule has 4 rings (SSSR count). The van der Waals surface area contributed by atoms with Gasteiger partial charge in [0.25, 0.3) is 0 Å². The first kappa shape index (κ1) is 17.7. The van der Waals surface area contributed by atoms with Crippen molar-refractivity contribution < 1.29 is 4.79 Å². The molecule has 1 atom stereocenters. The second kappa shape index (κ2) is 5.65. The number of hydrogen-bond acceptors (Lipinski definition) is 4. The Balaban J connectivity index is 2.00. The second-order valence-electron chi connectivity index (χ2n) is 8.51. The van der Waals surface area contributed by atoms with E-state index in [4.69, 9.17) is 10.1 Å². The number of aromatic nitrogens is 5. The molecule has 0 aliphatic carbocycles. The van der Waals surface area contributed by atoms with Gasteiger partial charge >= 0.3 is 0 Å². The molecule has 1 unspecified atom stereocenters. The fourth-order valence-electron chi connectivity index (χ4n) is 4.28. The van der Waals surface area contributed by atoms with Crippen LogP contribution < -0.4 is 5.32 Å². The average Bonchev–Trinajstić information content (AvgIpc) is 3.04. The zero-order chi connectivity index (χ0) is 19.7. The quantitative estimate of drug-likeness (QED) is 0.716. The highest BCUT2D eigenvalue weighted by molar-refractivity contribution is 5.96. The van der Waals surface area contributed by atoms with E-state index in [9.17, 15) is 4.79 Å². The van der Waals surface area contributed by atoms with Gasteiger partial charge in [-0.15, -0.1) is 5.10 Å². The molecule has 0 spiro atoms. The van der Waals surface area contributed by atoms with Crippen LogP contribution in [0.5, 0.6) is 0 Å². The van der Waals surface area contributed by atoms with E-state index in [0.29, 0.717) is 12.2 Å². The molecule has 1 N–H and O–H groups in total. The summed E-state index contributed by atoms with van der Waals surface area (Å²) < 4.78 is 3.88. The molecule has 1 aliphatic rings. The summed E-state index contributed by atoms with van der Waals surface area (Å²) in [5, 5.41) is 12.4. The first-order valence-corrected chi connectivity index (χ1v) is 9.31. The summed E-state index contributed by atoms with van der Waals surface area (Å²) >= 11 is 0. The minimum absolute atomic E-state index is 0.0208. The molecule has 0 fully saturated rings. The van der Waals surface area contributed by atoms with Crippen LogP contribution in [0, 0.1) is 27.7 Å². The lowest BCUT2D eigenvalue weighted by molar-refractivity contribution is -0.116. The third-order valence-electron chi connectivity index (χ3n) is 5.26. The van der Waals surface area contributed by atoms with Gasteiger partial charge in [-0.1, -0.05) is 0 Å². The van der Waals surface area contributed by atoms with Gasteiger partial charge in [-0.05, 0) is 54.5 Å². The molecule has 1 aliphatic heterocycles. The number of nitrogens with one attached hydrogen (secondary N) is 1. The molecule has 0 saturated carbocycles. The predicted molar refractivity (Wildman–Crippen MR) is 104 cm³/mol. The number of nitrogens with zero attached hydrogens (tertiary/aromatic N) is 5.